The van der Waals surface area contributed by atoms with Crippen molar-refractivity contribution in [1.29, 1.82) is 0 Å². The largest absolute Gasteiger partial charge is 0.496 e. The van der Waals surface area contributed by atoms with Crippen LogP contribution in [0, 0.1) is 7.14 Å². The van der Waals surface area contributed by atoms with Crippen molar-refractivity contribution in [3.8, 4) is 22.6 Å². The second-order valence-electron chi connectivity index (χ2n) is 5.69. The van der Waals surface area contributed by atoms with Crippen LogP contribution in [-0.2, 0) is 0 Å². The van der Waals surface area contributed by atoms with E-state index >= 15 is 0 Å². The quantitative estimate of drug-likeness (QED) is 0.443. The molecule has 21 heavy (non-hydrogen) atoms. The molecule has 0 unspecified atom stereocenters. The molecule has 1 aliphatic heterocycles. The number of hydrogen-bond donors (Lipinski definition) is 0. The standard InChI is InChI=1S/C16H16I2O2Si/c1-19-13-5-9-10-6-14(20-2)12(18)8-16(10)21(3,4)15(9)7-11(13)17/h5-8H,1-4H3. The highest BCUT2D eigenvalue weighted by atomic mass is 127. The molecule has 0 N–H and O–H groups in total. The monoisotopic (exact) mass is 522 g/mol. The average molecular weight is 522 g/mol. The maximum atomic E-state index is 5.51. The molecule has 1 heterocycles. The predicted molar refractivity (Wildman–Crippen MR) is 107 cm³/mol. The third-order valence-corrected chi connectivity index (χ3v) is 9.43. The summed E-state index contributed by atoms with van der Waals surface area (Å²) >= 11 is 4.72. The summed E-state index contributed by atoms with van der Waals surface area (Å²) in [5.41, 5.74) is 2.63. The third kappa shape index (κ3) is 2.31. The highest BCUT2D eigenvalue weighted by Gasteiger charge is 2.38. The lowest BCUT2D eigenvalue weighted by Crippen LogP contribution is -2.49. The van der Waals surface area contributed by atoms with E-state index in [4.69, 9.17) is 9.47 Å². The van der Waals surface area contributed by atoms with Gasteiger partial charge in [0.05, 0.1) is 21.4 Å². The molecular formula is C16H16I2O2Si. The second kappa shape index (κ2) is 5.41. The van der Waals surface area contributed by atoms with E-state index in [1.807, 2.05) is 0 Å². The third-order valence-electron chi connectivity index (χ3n) is 4.22. The predicted octanol–water partition coefficient (Wildman–Crippen LogP) is 3.72. The Kier molecular flexibility index (Phi) is 4.02. The molecule has 2 aromatic carbocycles. The van der Waals surface area contributed by atoms with E-state index in [1.54, 1.807) is 14.2 Å². The zero-order valence-corrected chi connectivity index (χ0v) is 17.7. The van der Waals surface area contributed by atoms with Gasteiger partial charge in [-0.25, -0.2) is 0 Å². The fourth-order valence-electron chi connectivity index (χ4n) is 3.04. The molecule has 1 aliphatic rings. The summed E-state index contributed by atoms with van der Waals surface area (Å²) in [6.45, 7) is 4.84. The van der Waals surface area contributed by atoms with Crippen molar-refractivity contribution >= 4 is 63.6 Å². The van der Waals surface area contributed by atoms with E-state index < -0.39 is 8.07 Å². The summed E-state index contributed by atoms with van der Waals surface area (Å²) in [6, 6.07) is 8.98. The van der Waals surface area contributed by atoms with E-state index in [0.29, 0.717) is 0 Å². The molecular weight excluding hydrogens is 506 g/mol. The Labute approximate surface area is 153 Å². The summed E-state index contributed by atoms with van der Waals surface area (Å²) in [7, 11) is 1.83. The summed E-state index contributed by atoms with van der Waals surface area (Å²) < 4.78 is 13.4. The first-order chi connectivity index (χ1) is 9.90. The van der Waals surface area contributed by atoms with Crippen LogP contribution in [0.1, 0.15) is 0 Å². The zero-order chi connectivity index (χ0) is 15.4. The van der Waals surface area contributed by atoms with Gasteiger partial charge in [0.2, 0.25) is 0 Å². The summed E-state index contributed by atoms with van der Waals surface area (Å²) in [6.07, 6.45) is 0. The number of fused-ring (bicyclic) bond motifs is 3. The Morgan fingerprint density at radius 1 is 0.762 bits per heavy atom. The Balaban J connectivity index is 2.34. The van der Waals surface area contributed by atoms with E-state index in [1.165, 1.54) is 28.6 Å². The molecule has 0 amide bonds. The zero-order valence-electron chi connectivity index (χ0n) is 12.4. The van der Waals surface area contributed by atoms with Gasteiger partial charge in [0.25, 0.3) is 0 Å². The minimum absolute atomic E-state index is 0.949. The molecule has 110 valence electrons. The van der Waals surface area contributed by atoms with Crippen molar-refractivity contribution in [1.82, 2.24) is 0 Å². The van der Waals surface area contributed by atoms with Crippen molar-refractivity contribution in [3.63, 3.8) is 0 Å². The lowest BCUT2D eigenvalue weighted by atomic mass is 10.1. The van der Waals surface area contributed by atoms with Gasteiger partial charge in [-0.1, -0.05) is 13.1 Å². The maximum absolute atomic E-state index is 5.51. The van der Waals surface area contributed by atoms with E-state index in [0.717, 1.165) is 11.5 Å². The molecule has 0 atom stereocenters. The molecule has 0 saturated carbocycles. The van der Waals surface area contributed by atoms with Gasteiger partial charge in [-0.2, -0.15) is 0 Å². The number of halogens is 2. The maximum Gasteiger partial charge on any atom is 0.132 e. The Bertz CT molecular complexity index is 680. The second-order valence-corrected chi connectivity index (χ2v) is 12.3. The first-order valence-electron chi connectivity index (χ1n) is 6.66. The summed E-state index contributed by atoms with van der Waals surface area (Å²) in [4.78, 5) is 0. The van der Waals surface area contributed by atoms with Crippen molar-refractivity contribution in [2.45, 2.75) is 13.1 Å². The molecule has 0 aliphatic carbocycles. The smallest absolute Gasteiger partial charge is 0.132 e. The van der Waals surface area contributed by atoms with Crippen molar-refractivity contribution in [2.75, 3.05) is 14.2 Å². The van der Waals surface area contributed by atoms with Gasteiger partial charge in [-0.15, -0.1) is 0 Å². The van der Waals surface area contributed by atoms with Gasteiger partial charge < -0.3 is 9.47 Å². The first kappa shape index (κ1) is 15.6. The van der Waals surface area contributed by atoms with Crippen LogP contribution in [0.3, 0.4) is 0 Å². The van der Waals surface area contributed by atoms with Crippen LogP contribution in [-0.4, -0.2) is 22.3 Å². The van der Waals surface area contributed by atoms with E-state index in [9.17, 15) is 0 Å². The molecule has 0 aromatic heterocycles. The highest BCUT2D eigenvalue weighted by Crippen LogP contribution is 2.36. The lowest BCUT2D eigenvalue weighted by molar-refractivity contribution is 0.411. The molecule has 5 heteroatoms. The van der Waals surface area contributed by atoms with Crippen molar-refractivity contribution < 1.29 is 9.47 Å². The molecule has 3 rings (SSSR count). The number of rotatable bonds is 2. The molecule has 2 aromatic rings. The molecule has 0 saturated heterocycles. The number of ether oxygens (including phenoxy) is 2. The van der Waals surface area contributed by atoms with Crippen LogP contribution in [0.2, 0.25) is 13.1 Å². The van der Waals surface area contributed by atoms with Crippen LogP contribution >= 0.6 is 45.2 Å². The van der Waals surface area contributed by atoms with Crippen LogP contribution in [0.4, 0.5) is 0 Å². The van der Waals surface area contributed by atoms with E-state index in [2.05, 4.69) is 82.5 Å². The highest BCUT2D eigenvalue weighted by molar-refractivity contribution is 14.1. The van der Waals surface area contributed by atoms with Crippen LogP contribution in [0.15, 0.2) is 24.3 Å². The topological polar surface area (TPSA) is 18.5 Å². The first-order valence-corrected chi connectivity index (χ1v) is 11.8. The van der Waals surface area contributed by atoms with Gasteiger partial charge in [-0.05, 0) is 90.9 Å². The normalized spacial score (nSPS) is 14.6. The number of hydrogen-bond acceptors (Lipinski definition) is 2. The fraction of sp³-hybridized carbons (Fsp3) is 0.250. The van der Waals surface area contributed by atoms with Gasteiger partial charge in [0, 0.05) is 0 Å². The summed E-state index contributed by atoms with van der Waals surface area (Å²) in [5.74, 6) is 1.90. The lowest BCUT2D eigenvalue weighted by Gasteiger charge is -2.20. The van der Waals surface area contributed by atoms with Crippen LogP contribution in [0.25, 0.3) is 11.1 Å². The number of methoxy groups -OCH3 is 2. The molecule has 2 nitrogen and oxygen atoms in total. The summed E-state index contributed by atoms with van der Waals surface area (Å²) in [5, 5.41) is 2.98. The molecule has 0 spiro atoms. The van der Waals surface area contributed by atoms with Gasteiger partial charge >= 0.3 is 0 Å². The minimum atomic E-state index is -1.64. The SMILES string of the molecule is COc1cc2c(cc1I)[Si](C)(C)c1cc(I)c(OC)cc1-2. The molecule has 0 fully saturated rings. The van der Waals surface area contributed by atoms with Crippen LogP contribution < -0.4 is 19.8 Å². The van der Waals surface area contributed by atoms with Gasteiger partial charge in [-0.3, -0.25) is 0 Å². The van der Waals surface area contributed by atoms with Crippen molar-refractivity contribution in [3.05, 3.63) is 31.4 Å². The molecule has 0 radical (unpaired) electrons. The number of benzene rings is 2. The fourth-order valence-corrected chi connectivity index (χ4v) is 8.07. The van der Waals surface area contributed by atoms with E-state index in [-0.39, 0.29) is 0 Å². The van der Waals surface area contributed by atoms with Crippen molar-refractivity contribution in [2.24, 2.45) is 0 Å². The Morgan fingerprint density at radius 3 is 1.48 bits per heavy atom. The minimum Gasteiger partial charge on any atom is -0.496 e. The molecule has 0 bridgehead atoms. The van der Waals surface area contributed by atoms with Crippen LogP contribution in [0.5, 0.6) is 11.5 Å². The Hall–Kier alpha value is -0.283. The van der Waals surface area contributed by atoms with Gasteiger partial charge in [0.15, 0.2) is 0 Å². The average Bonchev–Trinajstić information content (AvgIpc) is 2.65. The Morgan fingerprint density at radius 2 is 1.14 bits per heavy atom. The van der Waals surface area contributed by atoms with Gasteiger partial charge in [0.1, 0.15) is 19.6 Å².